The molecule has 7 heteroatoms. The Bertz CT molecular complexity index is 602. The molecule has 2 heterocycles. The number of aromatic nitrogens is 4. The summed E-state index contributed by atoms with van der Waals surface area (Å²) in [6.07, 6.45) is 2.87. The smallest absolute Gasteiger partial charge is 0.316 e. The lowest BCUT2D eigenvalue weighted by molar-refractivity contribution is 0.707. The minimum Gasteiger partial charge on any atom is -0.323 e. The van der Waals surface area contributed by atoms with Crippen LogP contribution in [0.25, 0.3) is 0 Å². The van der Waals surface area contributed by atoms with Crippen molar-refractivity contribution in [2.45, 2.75) is 6.54 Å². The standard InChI is InChI=1S/C9H7ClN4O2/c10-7-2-1-6(12-13-7)5-14-4-3-11-8(15)9(14)16/h1-4H,5H2,(H,11,15). The van der Waals surface area contributed by atoms with E-state index in [1.807, 2.05) is 0 Å². The Hall–Kier alpha value is -1.95. The van der Waals surface area contributed by atoms with Gasteiger partial charge in [0.2, 0.25) is 0 Å². The van der Waals surface area contributed by atoms with Crippen LogP contribution < -0.4 is 11.1 Å². The number of hydrogen-bond acceptors (Lipinski definition) is 4. The van der Waals surface area contributed by atoms with Gasteiger partial charge in [-0.2, -0.15) is 5.10 Å². The van der Waals surface area contributed by atoms with E-state index in [4.69, 9.17) is 11.6 Å². The van der Waals surface area contributed by atoms with Gasteiger partial charge in [-0.05, 0) is 12.1 Å². The largest absolute Gasteiger partial charge is 0.323 e. The number of aromatic amines is 1. The molecular weight excluding hydrogens is 232 g/mol. The van der Waals surface area contributed by atoms with Crippen molar-refractivity contribution in [1.82, 2.24) is 19.7 Å². The van der Waals surface area contributed by atoms with Crippen molar-refractivity contribution in [3.8, 4) is 0 Å². The van der Waals surface area contributed by atoms with E-state index in [0.717, 1.165) is 0 Å². The third-order valence-electron chi connectivity index (χ3n) is 1.94. The summed E-state index contributed by atoms with van der Waals surface area (Å²) in [5.41, 5.74) is -0.735. The van der Waals surface area contributed by atoms with E-state index < -0.39 is 11.1 Å². The Morgan fingerprint density at radius 2 is 2.12 bits per heavy atom. The Kier molecular flexibility index (Phi) is 2.82. The summed E-state index contributed by atoms with van der Waals surface area (Å²) in [7, 11) is 0. The molecule has 0 saturated heterocycles. The van der Waals surface area contributed by atoms with Gasteiger partial charge in [-0.15, -0.1) is 5.10 Å². The van der Waals surface area contributed by atoms with E-state index in [-0.39, 0.29) is 11.7 Å². The van der Waals surface area contributed by atoms with Crippen LogP contribution in [0.4, 0.5) is 0 Å². The fourth-order valence-electron chi connectivity index (χ4n) is 1.19. The topological polar surface area (TPSA) is 80.6 Å². The highest BCUT2D eigenvalue weighted by atomic mass is 35.5. The normalized spacial score (nSPS) is 10.3. The molecule has 82 valence electrons. The fraction of sp³-hybridized carbons (Fsp3) is 0.111. The number of halogens is 1. The third kappa shape index (κ3) is 2.17. The van der Waals surface area contributed by atoms with Gasteiger partial charge in [0.15, 0.2) is 5.15 Å². The number of hydrogen-bond donors (Lipinski definition) is 1. The second-order valence-electron chi connectivity index (χ2n) is 3.07. The zero-order chi connectivity index (χ0) is 11.5. The minimum atomic E-state index is -0.663. The maximum Gasteiger partial charge on any atom is 0.316 e. The zero-order valence-corrected chi connectivity index (χ0v) is 8.81. The SMILES string of the molecule is O=c1[nH]ccn(Cc2ccc(Cl)nn2)c1=O. The van der Waals surface area contributed by atoms with Gasteiger partial charge in [-0.25, -0.2) is 0 Å². The summed E-state index contributed by atoms with van der Waals surface area (Å²) in [5, 5.41) is 7.71. The van der Waals surface area contributed by atoms with Crippen molar-refractivity contribution in [1.29, 1.82) is 0 Å². The van der Waals surface area contributed by atoms with Crippen molar-refractivity contribution in [3.05, 3.63) is 56.1 Å². The van der Waals surface area contributed by atoms with Crippen LogP contribution in [-0.2, 0) is 6.54 Å². The maximum absolute atomic E-state index is 11.4. The summed E-state index contributed by atoms with van der Waals surface area (Å²) in [6, 6.07) is 3.21. The van der Waals surface area contributed by atoms with Gasteiger partial charge in [0.25, 0.3) is 0 Å². The van der Waals surface area contributed by atoms with Crippen LogP contribution in [0, 0.1) is 0 Å². The van der Waals surface area contributed by atoms with Crippen LogP contribution in [0.5, 0.6) is 0 Å². The van der Waals surface area contributed by atoms with Crippen molar-refractivity contribution >= 4 is 11.6 Å². The highest BCUT2D eigenvalue weighted by molar-refractivity contribution is 6.29. The van der Waals surface area contributed by atoms with Crippen LogP contribution in [-0.4, -0.2) is 19.7 Å². The zero-order valence-electron chi connectivity index (χ0n) is 8.05. The average molecular weight is 239 g/mol. The highest BCUT2D eigenvalue weighted by Gasteiger charge is 2.02. The third-order valence-corrected chi connectivity index (χ3v) is 2.15. The number of H-pyrrole nitrogens is 1. The van der Waals surface area contributed by atoms with Crippen molar-refractivity contribution in [2.75, 3.05) is 0 Å². The molecule has 2 aromatic heterocycles. The molecular formula is C9H7ClN4O2. The molecule has 0 aromatic carbocycles. The molecule has 0 bridgehead atoms. The monoisotopic (exact) mass is 238 g/mol. The second kappa shape index (κ2) is 4.28. The lowest BCUT2D eigenvalue weighted by atomic mass is 10.4. The van der Waals surface area contributed by atoms with Crippen LogP contribution >= 0.6 is 11.6 Å². The first kappa shape index (κ1) is 10.6. The van der Waals surface area contributed by atoms with Crippen LogP contribution in [0.1, 0.15) is 5.69 Å². The van der Waals surface area contributed by atoms with Crippen molar-refractivity contribution < 1.29 is 0 Å². The molecule has 0 saturated carbocycles. The van der Waals surface area contributed by atoms with E-state index in [1.165, 1.54) is 17.0 Å². The second-order valence-corrected chi connectivity index (χ2v) is 3.46. The van der Waals surface area contributed by atoms with Crippen LogP contribution in [0.3, 0.4) is 0 Å². The van der Waals surface area contributed by atoms with Crippen molar-refractivity contribution in [3.63, 3.8) is 0 Å². The van der Waals surface area contributed by atoms with Crippen molar-refractivity contribution in [2.24, 2.45) is 0 Å². The molecule has 0 aliphatic rings. The van der Waals surface area contributed by atoms with Gasteiger partial charge in [0.05, 0.1) is 12.2 Å². The van der Waals surface area contributed by atoms with Gasteiger partial charge in [-0.1, -0.05) is 11.6 Å². The maximum atomic E-state index is 11.4. The highest BCUT2D eigenvalue weighted by Crippen LogP contribution is 2.02. The quantitative estimate of drug-likeness (QED) is 0.749. The predicted molar refractivity (Wildman–Crippen MR) is 57.5 cm³/mol. The first-order chi connectivity index (χ1) is 7.66. The number of nitrogens with one attached hydrogen (secondary N) is 1. The molecule has 0 spiro atoms. The Balaban J connectivity index is 2.34. The Morgan fingerprint density at radius 1 is 1.31 bits per heavy atom. The number of rotatable bonds is 2. The van der Waals surface area contributed by atoms with E-state index >= 15 is 0 Å². The predicted octanol–water partition coefficient (Wildman–Crippen LogP) is 0.0283. The van der Waals surface area contributed by atoms with E-state index in [2.05, 4.69) is 15.2 Å². The molecule has 16 heavy (non-hydrogen) atoms. The summed E-state index contributed by atoms with van der Waals surface area (Å²) in [5.74, 6) is 0. The molecule has 0 unspecified atom stereocenters. The average Bonchev–Trinajstić information content (AvgIpc) is 2.28. The molecule has 0 radical (unpaired) electrons. The van der Waals surface area contributed by atoms with Gasteiger partial charge >= 0.3 is 11.1 Å². The van der Waals surface area contributed by atoms with Gasteiger partial charge < -0.3 is 9.55 Å². The van der Waals surface area contributed by atoms with E-state index in [9.17, 15) is 9.59 Å². The molecule has 2 rings (SSSR count). The van der Waals surface area contributed by atoms with Gasteiger partial charge in [0, 0.05) is 12.4 Å². The summed E-state index contributed by atoms with van der Waals surface area (Å²) in [6.45, 7) is 0.187. The lowest BCUT2D eigenvalue weighted by Gasteiger charge is -2.02. The van der Waals surface area contributed by atoms with Crippen LogP contribution in [0.2, 0.25) is 5.15 Å². The Labute approximate surface area is 94.5 Å². The molecule has 0 fully saturated rings. The van der Waals surface area contributed by atoms with E-state index in [1.54, 1.807) is 12.1 Å². The molecule has 0 aliphatic carbocycles. The summed E-state index contributed by atoms with van der Waals surface area (Å²) < 4.78 is 1.25. The fourth-order valence-corrected chi connectivity index (χ4v) is 1.29. The van der Waals surface area contributed by atoms with Crippen LogP contribution in [0.15, 0.2) is 34.1 Å². The molecule has 2 aromatic rings. The van der Waals surface area contributed by atoms with Gasteiger partial charge in [-0.3, -0.25) is 9.59 Å². The number of nitrogens with zero attached hydrogens (tertiary/aromatic N) is 3. The summed E-state index contributed by atoms with van der Waals surface area (Å²) in [4.78, 5) is 24.7. The molecule has 0 amide bonds. The first-order valence-electron chi connectivity index (χ1n) is 4.43. The van der Waals surface area contributed by atoms with Gasteiger partial charge in [0.1, 0.15) is 0 Å². The lowest BCUT2D eigenvalue weighted by Crippen LogP contribution is -2.35. The minimum absolute atomic E-state index is 0.187. The molecule has 1 N–H and O–H groups in total. The molecule has 6 nitrogen and oxygen atoms in total. The molecule has 0 atom stereocenters. The molecule has 0 aliphatic heterocycles. The Morgan fingerprint density at radius 3 is 2.81 bits per heavy atom. The van der Waals surface area contributed by atoms with E-state index in [0.29, 0.717) is 5.69 Å². The summed E-state index contributed by atoms with van der Waals surface area (Å²) >= 11 is 5.57. The first-order valence-corrected chi connectivity index (χ1v) is 4.81.